The Bertz CT molecular complexity index is 733. The molecule has 0 radical (unpaired) electrons. The number of carbonyl (C=O) groups excluding carboxylic acids is 3. The fourth-order valence-electron chi connectivity index (χ4n) is 4.22. The zero-order valence-corrected chi connectivity index (χ0v) is 17.1. The van der Waals surface area contributed by atoms with Crippen molar-refractivity contribution < 1.29 is 19.1 Å². The van der Waals surface area contributed by atoms with Gasteiger partial charge in [0.05, 0.1) is 5.56 Å². The molecular weight excluding hydrogens is 364 g/mol. The molecule has 2 heterocycles. The Hall–Kier alpha value is -1.89. The maximum atomic E-state index is 12.8. The van der Waals surface area contributed by atoms with Crippen LogP contribution in [0.25, 0.3) is 0 Å². The zero-order chi connectivity index (χ0) is 19.6. The molecule has 0 spiro atoms. The fraction of sp³-hybridized carbons (Fsp3) is 0.650. The van der Waals surface area contributed by atoms with Crippen molar-refractivity contribution in [3.63, 3.8) is 0 Å². The van der Waals surface area contributed by atoms with Gasteiger partial charge in [0, 0.05) is 23.9 Å². The maximum absolute atomic E-state index is 12.8. The lowest BCUT2D eigenvalue weighted by Gasteiger charge is -2.38. The summed E-state index contributed by atoms with van der Waals surface area (Å²) in [4.78, 5) is 39.9. The Balaban J connectivity index is 1.73. The van der Waals surface area contributed by atoms with Gasteiger partial charge in [-0.3, -0.25) is 9.59 Å². The molecule has 0 saturated carbocycles. The van der Waals surface area contributed by atoms with E-state index in [1.807, 2.05) is 18.7 Å². The monoisotopic (exact) mass is 392 g/mol. The Morgan fingerprint density at radius 2 is 1.78 bits per heavy atom. The summed E-state index contributed by atoms with van der Waals surface area (Å²) in [7, 11) is 0. The fourth-order valence-corrected chi connectivity index (χ4v) is 5.54. The summed E-state index contributed by atoms with van der Waals surface area (Å²) in [6.45, 7) is 5.26. The molecule has 0 bridgehead atoms. The minimum Gasteiger partial charge on any atom is -0.452 e. The first-order chi connectivity index (χ1) is 12.9. The number of amides is 2. The van der Waals surface area contributed by atoms with Crippen LogP contribution in [0.5, 0.6) is 0 Å². The molecule has 1 N–H and O–H groups in total. The summed E-state index contributed by atoms with van der Waals surface area (Å²) >= 11 is 1.45. The van der Waals surface area contributed by atoms with Gasteiger partial charge in [-0.1, -0.05) is 0 Å². The Labute approximate surface area is 164 Å². The molecule has 1 saturated heterocycles. The van der Waals surface area contributed by atoms with E-state index in [2.05, 4.69) is 5.32 Å². The molecule has 1 aliphatic carbocycles. The third-order valence-corrected chi connectivity index (χ3v) is 6.68. The van der Waals surface area contributed by atoms with E-state index in [0.29, 0.717) is 10.6 Å². The summed E-state index contributed by atoms with van der Waals surface area (Å²) in [5, 5.41) is 3.31. The molecule has 1 aliphatic heterocycles. The molecule has 1 fully saturated rings. The molecule has 0 aromatic carbocycles. The third-order valence-electron chi connectivity index (χ3n) is 5.47. The Kier molecular flexibility index (Phi) is 6.19. The van der Waals surface area contributed by atoms with E-state index in [1.54, 1.807) is 0 Å². The number of fused-ring (bicyclic) bond motifs is 1. The summed E-state index contributed by atoms with van der Waals surface area (Å²) < 4.78 is 5.41. The molecule has 2 aliphatic rings. The molecule has 1 aromatic heterocycles. The number of anilines is 1. The normalized spacial score (nSPS) is 22.1. The van der Waals surface area contributed by atoms with Crippen molar-refractivity contribution in [3.8, 4) is 0 Å². The molecule has 148 valence electrons. The van der Waals surface area contributed by atoms with E-state index in [-0.39, 0.29) is 30.5 Å². The van der Waals surface area contributed by atoms with Crippen molar-refractivity contribution in [2.45, 2.75) is 77.8 Å². The number of piperidine rings is 1. The highest BCUT2D eigenvalue weighted by Gasteiger charge is 2.31. The third kappa shape index (κ3) is 4.34. The minimum absolute atomic E-state index is 0.145. The highest BCUT2D eigenvalue weighted by molar-refractivity contribution is 7.17. The van der Waals surface area contributed by atoms with Crippen LogP contribution in [0, 0.1) is 0 Å². The number of aryl methyl sites for hydroxylation is 1. The summed E-state index contributed by atoms with van der Waals surface area (Å²) in [6.07, 6.45) is 6.91. The second kappa shape index (κ2) is 8.42. The molecule has 0 unspecified atom stereocenters. The van der Waals surface area contributed by atoms with Crippen LogP contribution in [0.2, 0.25) is 0 Å². The lowest BCUT2D eigenvalue weighted by Crippen LogP contribution is -2.49. The van der Waals surface area contributed by atoms with Crippen molar-refractivity contribution in [2.24, 2.45) is 0 Å². The van der Waals surface area contributed by atoms with Crippen molar-refractivity contribution >= 4 is 34.1 Å². The molecule has 27 heavy (non-hydrogen) atoms. The van der Waals surface area contributed by atoms with E-state index in [1.165, 1.54) is 18.3 Å². The van der Waals surface area contributed by atoms with Gasteiger partial charge < -0.3 is 15.0 Å². The van der Waals surface area contributed by atoms with Crippen LogP contribution >= 0.6 is 11.3 Å². The Morgan fingerprint density at radius 3 is 2.44 bits per heavy atom. The topological polar surface area (TPSA) is 75.7 Å². The van der Waals surface area contributed by atoms with Gasteiger partial charge in [-0.2, -0.15) is 0 Å². The number of hydrogen-bond donors (Lipinski definition) is 1. The largest absolute Gasteiger partial charge is 0.452 e. The number of likely N-dealkylation sites (tertiary alicyclic amines) is 1. The van der Waals surface area contributed by atoms with Crippen LogP contribution in [-0.2, 0) is 27.2 Å². The molecule has 7 heteroatoms. The minimum atomic E-state index is -0.510. The van der Waals surface area contributed by atoms with Crippen LogP contribution < -0.4 is 5.32 Å². The molecule has 6 nitrogen and oxygen atoms in total. The lowest BCUT2D eigenvalue weighted by molar-refractivity contribution is -0.140. The molecular formula is C20H28N2O4S. The summed E-state index contributed by atoms with van der Waals surface area (Å²) in [5.41, 5.74) is 1.42. The zero-order valence-electron chi connectivity index (χ0n) is 16.3. The van der Waals surface area contributed by atoms with Crippen molar-refractivity contribution in [1.29, 1.82) is 0 Å². The molecule has 1 aromatic rings. The number of hydrogen-bond acceptors (Lipinski definition) is 5. The van der Waals surface area contributed by atoms with E-state index >= 15 is 0 Å². The first-order valence-electron chi connectivity index (χ1n) is 9.79. The van der Waals surface area contributed by atoms with Gasteiger partial charge in [0.15, 0.2) is 6.61 Å². The maximum Gasteiger partial charge on any atom is 0.341 e. The van der Waals surface area contributed by atoms with E-state index in [0.717, 1.165) is 55.4 Å². The van der Waals surface area contributed by atoms with Crippen LogP contribution in [-0.4, -0.2) is 41.4 Å². The quantitative estimate of drug-likeness (QED) is 0.796. The number of ether oxygens (including phenoxy) is 1. The average Bonchev–Trinajstić information content (AvgIpc) is 2.96. The standard InChI is InChI=1S/C20H28N2O4S/c1-12-7-6-8-13(2)22(12)17(24)11-26-20(25)18-15-9-4-5-10-16(15)27-19(18)21-14(3)23/h12-13H,4-11H2,1-3H3,(H,21,23)/t12-,13+. The van der Waals surface area contributed by atoms with Gasteiger partial charge in [-0.25, -0.2) is 4.79 Å². The first kappa shape index (κ1) is 19.9. The summed E-state index contributed by atoms with van der Waals surface area (Å²) in [5.74, 6) is -0.869. The van der Waals surface area contributed by atoms with Gasteiger partial charge >= 0.3 is 5.97 Å². The second-order valence-electron chi connectivity index (χ2n) is 7.60. The SMILES string of the molecule is CC(=O)Nc1sc2c(c1C(=O)OCC(=O)N1[C@H](C)CCC[C@@H]1C)CCCC2. The number of nitrogens with zero attached hydrogens (tertiary/aromatic N) is 1. The predicted octanol–water partition coefficient (Wildman–Crippen LogP) is 3.53. The number of esters is 1. The second-order valence-corrected chi connectivity index (χ2v) is 8.71. The van der Waals surface area contributed by atoms with Gasteiger partial charge in [-0.15, -0.1) is 11.3 Å². The van der Waals surface area contributed by atoms with Gasteiger partial charge in [0.1, 0.15) is 5.00 Å². The van der Waals surface area contributed by atoms with Crippen molar-refractivity contribution in [2.75, 3.05) is 11.9 Å². The number of thiophene rings is 1. The highest BCUT2D eigenvalue weighted by atomic mass is 32.1. The van der Waals surface area contributed by atoms with Crippen LogP contribution in [0.15, 0.2) is 0 Å². The number of carbonyl (C=O) groups is 3. The van der Waals surface area contributed by atoms with Crippen molar-refractivity contribution in [3.05, 3.63) is 16.0 Å². The van der Waals surface area contributed by atoms with E-state index < -0.39 is 5.97 Å². The van der Waals surface area contributed by atoms with Gasteiger partial charge in [-0.05, 0) is 64.4 Å². The van der Waals surface area contributed by atoms with E-state index in [4.69, 9.17) is 4.74 Å². The smallest absolute Gasteiger partial charge is 0.341 e. The van der Waals surface area contributed by atoms with E-state index in [9.17, 15) is 14.4 Å². The van der Waals surface area contributed by atoms with Gasteiger partial charge in [0.25, 0.3) is 5.91 Å². The molecule has 3 rings (SSSR count). The van der Waals surface area contributed by atoms with Crippen LogP contribution in [0.4, 0.5) is 5.00 Å². The number of nitrogens with one attached hydrogen (secondary N) is 1. The van der Waals surface area contributed by atoms with Crippen LogP contribution in [0.1, 0.15) is 73.7 Å². The van der Waals surface area contributed by atoms with Crippen molar-refractivity contribution in [1.82, 2.24) is 4.90 Å². The van der Waals surface area contributed by atoms with Gasteiger partial charge in [0.2, 0.25) is 5.91 Å². The lowest BCUT2D eigenvalue weighted by atomic mass is 9.95. The highest BCUT2D eigenvalue weighted by Crippen LogP contribution is 2.38. The summed E-state index contributed by atoms with van der Waals surface area (Å²) in [6, 6.07) is 0.340. The molecule has 2 atom stereocenters. The Morgan fingerprint density at radius 1 is 1.11 bits per heavy atom. The predicted molar refractivity (Wildman–Crippen MR) is 105 cm³/mol. The average molecular weight is 393 g/mol. The van der Waals surface area contributed by atoms with Crippen LogP contribution in [0.3, 0.4) is 0 Å². The number of rotatable bonds is 4. The molecule has 2 amide bonds. The first-order valence-corrected chi connectivity index (χ1v) is 10.6.